The second kappa shape index (κ2) is 9.94. The van der Waals surface area contributed by atoms with E-state index in [1.807, 2.05) is 0 Å². The van der Waals surface area contributed by atoms with Crippen LogP contribution in [0, 0.1) is 6.92 Å². The summed E-state index contributed by atoms with van der Waals surface area (Å²) in [5.74, 6) is 2.68. The molecule has 0 spiro atoms. The van der Waals surface area contributed by atoms with E-state index in [-0.39, 0.29) is 0 Å². The van der Waals surface area contributed by atoms with Gasteiger partial charge in [0.25, 0.3) is 0 Å². The number of aryl methyl sites for hydroxylation is 2. The Morgan fingerprint density at radius 2 is 2.00 bits per heavy atom. The topological polar surface area (TPSA) is 66.5 Å². The van der Waals surface area contributed by atoms with Gasteiger partial charge in [0.2, 0.25) is 5.89 Å². The molecule has 0 saturated carbocycles. The molecule has 0 saturated heterocycles. The SMILES string of the molecule is CCNC(=NCCCc1nc(C(C)C)no1)N(C)Cc1ccc(C)cc1. The van der Waals surface area contributed by atoms with Crippen molar-refractivity contribution in [2.75, 3.05) is 20.1 Å². The van der Waals surface area contributed by atoms with E-state index < -0.39 is 0 Å². The van der Waals surface area contributed by atoms with Crippen LogP contribution in [0.2, 0.25) is 0 Å². The fourth-order valence-electron chi connectivity index (χ4n) is 2.53. The zero-order valence-electron chi connectivity index (χ0n) is 16.6. The summed E-state index contributed by atoms with van der Waals surface area (Å²) in [6, 6.07) is 8.61. The molecule has 1 aromatic carbocycles. The van der Waals surface area contributed by atoms with Crippen LogP contribution in [-0.2, 0) is 13.0 Å². The molecule has 0 atom stereocenters. The van der Waals surface area contributed by atoms with Crippen molar-refractivity contribution in [2.24, 2.45) is 4.99 Å². The van der Waals surface area contributed by atoms with E-state index >= 15 is 0 Å². The molecule has 1 aromatic heterocycles. The van der Waals surface area contributed by atoms with Gasteiger partial charge in [-0.05, 0) is 25.8 Å². The lowest BCUT2D eigenvalue weighted by Gasteiger charge is -2.22. The molecule has 0 amide bonds. The molecule has 2 rings (SSSR count). The van der Waals surface area contributed by atoms with Crippen LogP contribution in [0.4, 0.5) is 0 Å². The van der Waals surface area contributed by atoms with E-state index in [2.05, 4.69) is 79.4 Å². The Labute approximate surface area is 156 Å². The number of benzene rings is 1. The quantitative estimate of drug-likeness (QED) is 0.445. The second-order valence-electron chi connectivity index (χ2n) is 6.88. The van der Waals surface area contributed by atoms with Crippen molar-refractivity contribution in [3.05, 3.63) is 47.1 Å². The first-order chi connectivity index (χ1) is 12.5. The van der Waals surface area contributed by atoms with Gasteiger partial charge in [0.1, 0.15) is 0 Å². The fourth-order valence-corrected chi connectivity index (χ4v) is 2.53. The fraction of sp³-hybridized carbons (Fsp3) is 0.550. The molecule has 0 bridgehead atoms. The summed E-state index contributed by atoms with van der Waals surface area (Å²) in [6.07, 6.45) is 1.64. The molecule has 0 radical (unpaired) electrons. The number of nitrogens with one attached hydrogen (secondary N) is 1. The molecule has 2 aromatic rings. The zero-order valence-corrected chi connectivity index (χ0v) is 16.6. The van der Waals surface area contributed by atoms with Crippen molar-refractivity contribution in [3.63, 3.8) is 0 Å². The Morgan fingerprint density at radius 3 is 2.62 bits per heavy atom. The molecular weight excluding hydrogens is 326 g/mol. The van der Waals surface area contributed by atoms with Crippen LogP contribution in [-0.4, -0.2) is 41.1 Å². The Bertz CT molecular complexity index is 690. The maximum Gasteiger partial charge on any atom is 0.226 e. The van der Waals surface area contributed by atoms with Crippen LogP contribution < -0.4 is 5.32 Å². The minimum absolute atomic E-state index is 0.293. The highest BCUT2D eigenvalue weighted by Crippen LogP contribution is 2.11. The van der Waals surface area contributed by atoms with E-state index in [1.54, 1.807) is 0 Å². The third kappa shape index (κ3) is 6.17. The number of nitrogens with zero attached hydrogens (tertiary/aromatic N) is 4. The van der Waals surface area contributed by atoms with E-state index in [1.165, 1.54) is 11.1 Å². The first kappa shape index (κ1) is 19.9. The lowest BCUT2D eigenvalue weighted by molar-refractivity contribution is 0.369. The zero-order chi connectivity index (χ0) is 18.9. The van der Waals surface area contributed by atoms with E-state index in [0.29, 0.717) is 11.8 Å². The smallest absolute Gasteiger partial charge is 0.226 e. The summed E-state index contributed by atoms with van der Waals surface area (Å²) in [5.41, 5.74) is 2.55. The van der Waals surface area contributed by atoms with Gasteiger partial charge in [-0.3, -0.25) is 4.99 Å². The molecule has 0 fully saturated rings. The first-order valence-electron chi connectivity index (χ1n) is 9.37. The highest BCUT2D eigenvalue weighted by atomic mass is 16.5. The van der Waals surface area contributed by atoms with E-state index in [4.69, 9.17) is 9.52 Å². The predicted octanol–water partition coefficient (Wildman–Crippen LogP) is 3.53. The van der Waals surface area contributed by atoms with Gasteiger partial charge in [-0.1, -0.05) is 48.8 Å². The van der Waals surface area contributed by atoms with Gasteiger partial charge in [0, 0.05) is 39.0 Å². The van der Waals surface area contributed by atoms with Crippen LogP contribution in [0.5, 0.6) is 0 Å². The number of aliphatic imine (C=N–C) groups is 1. The van der Waals surface area contributed by atoms with Gasteiger partial charge in [-0.2, -0.15) is 4.98 Å². The minimum atomic E-state index is 0.293. The Morgan fingerprint density at radius 1 is 1.27 bits per heavy atom. The summed E-state index contributed by atoms with van der Waals surface area (Å²) in [6.45, 7) is 10.7. The minimum Gasteiger partial charge on any atom is -0.357 e. The molecule has 0 unspecified atom stereocenters. The van der Waals surface area contributed by atoms with Crippen molar-refractivity contribution in [1.82, 2.24) is 20.4 Å². The summed E-state index contributed by atoms with van der Waals surface area (Å²) in [5, 5.41) is 7.35. The van der Waals surface area contributed by atoms with Crippen molar-refractivity contribution in [2.45, 2.75) is 53.0 Å². The van der Waals surface area contributed by atoms with Gasteiger partial charge >= 0.3 is 0 Å². The number of guanidine groups is 1. The molecule has 1 N–H and O–H groups in total. The Balaban J connectivity index is 1.87. The lowest BCUT2D eigenvalue weighted by Crippen LogP contribution is -2.38. The molecule has 142 valence electrons. The third-order valence-corrected chi connectivity index (χ3v) is 4.05. The summed E-state index contributed by atoms with van der Waals surface area (Å²) < 4.78 is 5.28. The highest BCUT2D eigenvalue weighted by Gasteiger charge is 2.10. The van der Waals surface area contributed by atoms with Gasteiger partial charge in [0.05, 0.1) is 0 Å². The highest BCUT2D eigenvalue weighted by molar-refractivity contribution is 5.79. The molecular formula is C20H31N5O. The summed E-state index contributed by atoms with van der Waals surface area (Å²) in [4.78, 5) is 11.3. The largest absolute Gasteiger partial charge is 0.357 e. The number of aromatic nitrogens is 2. The van der Waals surface area contributed by atoms with E-state index in [9.17, 15) is 0 Å². The maximum absolute atomic E-state index is 5.28. The van der Waals surface area contributed by atoms with Crippen molar-refractivity contribution in [1.29, 1.82) is 0 Å². The molecule has 0 aliphatic carbocycles. The van der Waals surface area contributed by atoms with Gasteiger partial charge in [-0.15, -0.1) is 0 Å². The number of hydrogen-bond donors (Lipinski definition) is 1. The van der Waals surface area contributed by atoms with E-state index in [0.717, 1.165) is 44.3 Å². The van der Waals surface area contributed by atoms with Crippen LogP contribution >= 0.6 is 0 Å². The Kier molecular flexibility index (Phi) is 7.63. The van der Waals surface area contributed by atoms with Gasteiger partial charge in [0.15, 0.2) is 11.8 Å². The summed E-state index contributed by atoms with van der Waals surface area (Å²) >= 11 is 0. The van der Waals surface area contributed by atoms with Crippen LogP contribution in [0.3, 0.4) is 0 Å². The molecule has 6 heteroatoms. The predicted molar refractivity (Wildman–Crippen MR) is 105 cm³/mol. The standard InChI is InChI=1S/C20H31N5O/c1-6-21-20(25(5)14-17-11-9-16(4)10-12-17)22-13-7-8-18-23-19(15(2)3)24-26-18/h9-12,15H,6-8,13-14H2,1-5H3,(H,21,22). The Hall–Kier alpha value is -2.37. The van der Waals surface area contributed by atoms with Crippen molar-refractivity contribution in [3.8, 4) is 0 Å². The van der Waals surface area contributed by atoms with Gasteiger partial charge in [-0.25, -0.2) is 0 Å². The average molecular weight is 358 g/mol. The maximum atomic E-state index is 5.28. The molecule has 0 aliphatic rings. The third-order valence-electron chi connectivity index (χ3n) is 4.05. The molecule has 1 heterocycles. The normalized spacial score (nSPS) is 11.8. The van der Waals surface area contributed by atoms with Crippen LogP contribution in [0.25, 0.3) is 0 Å². The molecule has 0 aliphatic heterocycles. The summed E-state index contributed by atoms with van der Waals surface area (Å²) in [7, 11) is 2.06. The monoisotopic (exact) mass is 357 g/mol. The van der Waals surface area contributed by atoms with Crippen molar-refractivity contribution < 1.29 is 4.52 Å². The molecule has 26 heavy (non-hydrogen) atoms. The number of rotatable bonds is 8. The van der Waals surface area contributed by atoms with Crippen molar-refractivity contribution >= 4 is 5.96 Å². The number of hydrogen-bond acceptors (Lipinski definition) is 4. The lowest BCUT2D eigenvalue weighted by atomic mass is 10.1. The second-order valence-corrected chi connectivity index (χ2v) is 6.88. The van der Waals surface area contributed by atoms with Gasteiger partial charge < -0.3 is 14.7 Å². The first-order valence-corrected chi connectivity index (χ1v) is 9.37. The van der Waals surface area contributed by atoms with Crippen LogP contribution in [0.1, 0.15) is 56.0 Å². The average Bonchev–Trinajstić information content (AvgIpc) is 3.09. The molecule has 6 nitrogen and oxygen atoms in total. The van der Waals surface area contributed by atoms with Crippen LogP contribution in [0.15, 0.2) is 33.8 Å².